The van der Waals surface area contributed by atoms with Gasteiger partial charge in [-0.1, -0.05) is 52.6 Å². The van der Waals surface area contributed by atoms with Crippen LogP contribution in [0.2, 0.25) is 0 Å². The number of halogens is 1. The molecule has 0 saturated carbocycles. The SMILES string of the molecule is O=S(=O)([O-])CCCN1C(=Cc2sc3c4ccccc4sc3[n+]2CCCS(=O)(=O)[O-])Sc2ccc(F)cc21. The highest BCUT2D eigenvalue weighted by atomic mass is 32.2. The third kappa shape index (κ3) is 6.00. The van der Waals surface area contributed by atoms with Crippen LogP contribution in [-0.4, -0.2) is 44.0 Å². The van der Waals surface area contributed by atoms with Gasteiger partial charge in [0.15, 0.2) is 6.54 Å². The maximum atomic E-state index is 14.1. The number of thiophene rings is 1. The standard InChI is InChI=1S/C23H21FN2O6S5/c24-15-7-8-19-17(13-15)25(9-3-11-36(27,28)29)20(33-19)14-21-26(10-4-12-37(30,31)32)23-22(35-21)16-5-1-2-6-18(16)34-23/h1-2,5-8,13-14H,3-4,9-12H2,(H-,27,28,29,30,31,32)/p-1. The molecule has 37 heavy (non-hydrogen) atoms. The summed E-state index contributed by atoms with van der Waals surface area (Å²) in [5.74, 6) is -1.44. The van der Waals surface area contributed by atoms with Crippen molar-refractivity contribution in [3.05, 3.63) is 58.3 Å². The van der Waals surface area contributed by atoms with Crippen molar-refractivity contribution < 1.29 is 34.9 Å². The van der Waals surface area contributed by atoms with Crippen molar-refractivity contribution in [1.29, 1.82) is 0 Å². The first-order valence-corrected chi connectivity index (χ1v) is 16.8. The Balaban J connectivity index is 1.57. The fourth-order valence-electron chi connectivity index (χ4n) is 4.18. The summed E-state index contributed by atoms with van der Waals surface area (Å²) in [6.45, 7) is 0.516. The molecule has 0 atom stereocenters. The molecule has 5 rings (SSSR count). The Morgan fingerprint density at radius 1 is 0.973 bits per heavy atom. The van der Waals surface area contributed by atoms with Crippen LogP contribution in [0.5, 0.6) is 0 Å². The number of rotatable bonds is 9. The van der Waals surface area contributed by atoms with Crippen molar-refractivity contribution in [2.75, 3.05) is 23.0 Å². The Kier molecular flexibility index (Phi) is 7.35. The van der Waals surface area contributed by atoms with Gasteiger partial charge in [-0.25, -0.2) is 21.2 Å². The summed E-state index contributed by atoms with van der Waals surface area (Å²) in [5.41, 5.74) is 0.590. The van der Waals surface area contributed by atoms with E-state index in [9.17, 15) is 30.3 Å². The molecule has 8 nitrogen and oxygen atoms in total. The van der Waals surface area contributed by atoms with Gasteiger partial charge in [-0.3, -0.25) is 0 Å². The van der Waals surface area contributed by atoms with E-state index in [0.29, 0.717) is 12.2 Å². The van der Waals surface area contributed by atoms with Gasteiger partial charge in [0.1, 0.15) is 10.5 Å². The van der Waals surface area contributed by atoms with Gasteiger partial charge in [-0.05, 0) is 30.7 Å². The first kappa shape index (κ1) is 26.5. The number of fused-ring (bicyclic) bond motifs is 4. The maximum absolute atomic E-state index is 14.1. The molecule has 196 valence electrons. The molecule has 0 fully saturated rings. The van der Waals surface area contributed by atoms with Crippen LogP contribution in [0.15, 0.2) is 52.4 Å². The zero-order chi connectivity index (χ0) is 26.4. The molecule has 14 heteroatoms. The lowest BCUT2D eigenvalue weighted by molar-refractivity contribution is -0.666. The molecule has 0 bridgehead atoms. The van der Waals surface area contributed by atoms with Crippen molar-refractivity contribution in [1.82, 2.24) is 0 Å². The Labute approximate surface area is 225 Å². The summed E-state index contributed by atoms with van der Waals surface area (Å²) >= 11 is 4.51. The second-order valence-corrected chi connectivity index (χ2v) is 14.6. The second kappa shape index (κ2) is 10.2. The van der Waals surface area contributed by atoms with E-state index in [2.05, 4.69) is 0 Å². The molecule has 0 radical (unpaired) electrons. The summed E-state index contributed by atoms with van der Waals surface area (Å²) in [7, 11) is -8.75. The third-order valence-electron chi connectivity index (χ3n) is 5.74. The van der Waals surface area contributed by atoms with Gasteiger partial charge in [-0.2, -0.15) is 4.57 Å². The van der Waals surface area contributed by atoms with Gasteiger partial charge in [0.2, 0.25) is 0 Å². The van der Waals surface area contributed by atoms with E-state index in [-0.39, 0.29) is 19.4 Å². The molecule has 0 amide bonds. The molecule has 4 aromatic rings. The third-order valence-corrected chi connectivity index (χ3v) is 10.9. The minimum atomic E-state index is -4.39. The van der Waals surface area contributed by atoms with Crippen molar-refractivity contribution >= 4 is 86.1 Å². The smallest absolute Gasteiger partial charge is 0.281 e. The molecule has 1 aliphatic heterocycles. The zero-order valence-corrected chi connectivity index (χ0v) is 23.2. The van der Waals surface area contributed by atoms with Crippen LogP contribution >= 0.6 is 34.4 Å². The molecule has 0 aliphatic carbocycles. The topological polar surface area (TPSA) is 122 Å². The van der Waals surface area contributed by atoms with Gasteiger partial charge in [-0.15, -0.1) is 0 Å². The van der Waals surface area contributed by atoms with Crippen LogP contribution < -0.4 is 9.47 Å². The van der Waals surface area contributed by atoms with E-state index in [1.54, 1.807) is 22.3 Å². The number of aryl methyl sites for hydroxylation is 1. The molecule has 0 spiro atoms. The molecule has 0 saturated heterocycles. The number of aromatic nitrogens is 1. The number of hydrogen-bond donors (Lipinski definition) is 0. The number of benzene rings is 2. The molecular weight excluding hydrogens is 580 g/mol. The van der Waals surface area contributed by atoms with E-state index < -0.39 is 37.6 Å². The molecular formula is C23H20FN2O6S5-. The fourth-order valence-corrected chi connectivity index (χ4v) is 8.99. The normalized spacial score (nSPS) is 15.3. The van der Waals surface area contributed by atoms with Crippen LogP contribution in [-0.2, 0) is 26.8 Å². The van der Waals surface area contributed by atoms with Crippen molar-refractivity contribution in [2.45, 2.75) is 24.3 Å². The quantitative estimate of drug-likeness (QED) is 0.206. The number of thioether (sulfide) groups is 1. The van der Waals surface area contributed by atoms with E-state index >= 15 is 0 Å². The molecule has 2 aromatic heterocycles. The van der Waals surface area contributed by atoms with Crippen LogP contribution in [0.3, 0.4) is 0 Å². The van der Waals surface area contributed by atoms with Gasteiger partial charge < -0.3 is 14.0 Å². The van der Waals surface area contributed by atoms with Crippen molar-refractivity contribution in [3.63, 3.8) is 0 Å². The minimum absolute atomic E-state index is 0.0746. The molecule has 0 N–H and O–H groups in total. The first-order valence-electron chi connectivity index (χ1n) is 11.2. The van der Waals surface area contributed by atoms with Crippen LogP contribution in [0, 0.1) is 5.82 Å². The molecule has 3 heterocycles. The summed E-state index contributed by atoms with van der Waals surface area (Å²) in [5, 5.41) is 2.61. The Hall–Kier alpha value is -2.07. The van der Waals surface area contributed by atoms with Gasteiger partial charge in [0.05, 0.1) is 37.0 Å². The van der Waals surface area contributed by atoms with Crippen LogP contribution in [0.25, 0.3) is 25.7 Å². The maximum Gasteiger partial charge on any atom is 0.281 e. The summed E-state index contributed by atoms with van der Waals surface area (Å²) in [6, 6.07) is 12.3. The molecule has 0 unspecified atom stereocenters. The minimum Gasteiger partial charge on any atom is -0.748 e. The predicted octanol–water partition coefficient (Wildman–Crippen LogP) is 4.32. The van der Waals surface area contributed by atoms with Crippen LogP contribution in [0.1, 0.15) is 17.8 Å². The lowest BCUT2D eigenvalue weighted by Gasteiger charge is -2.20. The zero-order valence-electron chi connectivity index (χ0n) is 19.1. The predicted molar refractivity (Wildman–Crippen MR) is 143 cm³/mol. The van der Waals surface area contributed by atoms with E-state index in [1.165, 1.54) is 35.2 Å². The fraction of sp³-hybridized carbons (Fsp3) is 0.261. The van der Waals surface area contributed by atoms with Gasteiger partial charge in [0.25, 0.3) is 9.84 Å². The first-order chi connectivity index (χ1) is 17.5. The van der Waals surface area contributed by atoms with E-state index in [4.69, 9.17) is 0 Å². The number of nitrogens with zero attached hydrogens (tertiary/aromatic N) is 2. The average Bonchev–Trinajstić information content (AvgIpc) is 3.43. The van der Waals surface area contributed by atoms with Crippen molar-refractivity contribution in [2.24, 2.45) is 0 Å². The van der Waals surface area contributed by atoms with Gasteiger partial charge in [0, 0.05) is 39.5 Å². The number of anilines is 1. The highest BCUT2D eigenvalue weighted by Gasteiger charge is 2.29. The number of hydrogen-bond acceptors (Lipinski definition) is 10. The Morgan fingerprint density at radius 2 is 1.70 bits per heavy atom. The lowest BCUT2D eigenvalue weighted by Crippen LogP contribution is -2.35. The second-order valence-electron chi connectivity index (χ2n) is 8.40. The molecule has 2 aromatic carbocycles. The lowest BCUT2D eigenvalue weighted by atomic mass is 10.2. The highest BCUT2D eigenvalue weighted by molar-refractivity contribution is 8.04. The number of thiazole rings is 1. The molecule has 1 aliphatic rings. The van der Waals surface area contributed by atoms with E-state index in [0.717, 1.165) is 34.5 Å². The monoisotopic (exact) mass is 599 g/mol. The van der Waals surface area contributed by atoms with Crippen molar-refractivity contribution in [3.8, 4) is 0 Å². The summed E-state index contributed by atoms with van der Waals surface area (Å²) < 4.78 is 85.3. The highest BCUT2D eigenvalue weighted by Crippen LogP contribution is 2.47. The average molecular weight is 600 g/mol. The largest absolute Gasteiger partial charge is 0.748 e. The summed E-state index contributed by atoms with van der Waals surface area (Å²) in [6.07, 6.45) is 2.13. The Bertz CT molecular complexity index is 1740. The van der Waals surface area contributed by atoms with Gasteiger partial charge >= 0.3 is 0 Å². The van der Waals surface area contributed by atoms with E-state index in [1.807, 2.05) is 34.9 Å². The summed E-state index contributed by atoms with van der Waals surface area (Å²) in [4.78, 5) is 3.55. The van der Waals surface area contributed by atoms with Crippen LogP contribution in [0.4, 0.5) is 10.1 Å². The Morgan fingerprint density at radius 3 is 2.46 bits per heavy atom.